The quantitative estimate of drug-likeness (QED) is 0.153. The molecule has 7 N–H and O–H groups in total. The summed E-state index contributed by atoms with van der Waals surface area (Å²) < 4.78 is 12.1. The van der Waals surface area contributed by atoms with Crippen LogP contribution in [0, 0.1) is 0 Å². The Labute approximate surface area is 230 Å². The fourth-order valence-electron chi connectivity index (χ4n) is 3.92. The molecule has 0 aliphatic carbocycles. The molecule has 0 atom stereocenters. The largest absolute Gasteiger partial charge is 0.493 e. The second kappa shape index (κ2) is 16.9. The molecule has 0 saturated carbocycles. The molecule has 0 heterocycles. The van der Waals surface area contributed by atoms with Crippen molar-refractivity contribution in [2.75, 3.05) is 57.8 Å². The third-order valence-electron chi connectivity index (χ3n) is 5.92. The second-order valence-electron chi connectivity index (χ2n) is 8.98. The van der Waals surface area contributed by atoms with Crippen LogP contribution in [0.1, 0.15) is 36.0 Å². The first-order valence-electron chi connectivity index (χ1n) is 13.3. The molecule has 3 aromatic carbocycles. The van der Waals surface area contributed by atoms with Crippen LogP contribution in [0.4, 0.5) is 5.69 Å². The predicted molar refractivity (Wildman–Crippen MR) is 157 cm³/mol. The number of nitrogens with one attached hydrogen (secondary N) is 3. The zero-order valence-corrected chi connectivity index (χ0v) is 22.7. The van der Waals surface area contributed by atoms with Crippen molar-refractivity contribution in [3.63, 3.8) is 0 Å². The Hall–Kier alpha value is -2.88. The van der Waals surface area contributed by atoms with Crippen LogP contribution in [0.2, 0.25) is 5.02 Å². The highest BCUT2D eigenvalue weighted by molar-refractivity contribution is 6.30. The maximum absolute atomic E-state index is 13.5. The summed E-state index contributed by atoms with van der Waals surface area (Å²) in [5.41, 5.74) is 12.1. The van der Waals surface area contributed by atoms with Gasteiger partial charge in [0.25, 0.3) is 5.91 Å². The Bertz CT molecular complexity index is 1140. The Balaban J connectivity index is 1.67. The molecule has 1 amide bonds. The first kappa shape index (κ1) is 29.7. The number of rotatable bonds is 18. The number of nitrogens with two attached hydrogens (primary N) is 2. The number of amides is 1. The standard InChI is InChI=1S/C29H40ClN5O3/c30-24-9-10-26(28(21-24)38-18-6-15-33-14-5-11-31)35-29(36)25-19-22-7-1-2-8-23(22)20-27(25)37-17-4-3-13-34-16-12-32/h1-2,7-10,19-21,33-34H,3-6,11-18,31-32H2,(H,35,36). The van der Waals surface area contributed by atoms with Gasteiger partial charge in [0.15, 0.2) is 0 Å². The van der Waals surface area contributed by atoms with Crippen LogP contribution >= 0.6 is 11.6 Å². The topological polar surface area (TPSA) is 124 Å². The van der Waals surface area contributed by atoms with Crippen LogP contribution in [0.15, 0.2) is 54.6 Å². The minimum absolute atomic E-state index is 0.272. The first-order chi connectivity index (χ1) is 18.6. The molecule has 38 heavy (non-hydrogen) atoms. The van der Waals surface area contributed by atoms with Crippen LogP contribution < -0.4 is 36.9 Å². The van der Waals surface area contributed by atoms with Gasteiger partial charge in [-0.3, -0.25) is 4.79 Å². The van der Waals surface area contributed by atoms with Crippen molar-refractivity contribution >= 4 is 34.0 Å². The SMILES string of the molecule is NCCCNCCCOc1cc(Cl)ccc1NC(=O)c1cc2ccccc2cc1OCCCCNCCN. The van der Waals surface area contributed by atoms with E-state index in [1.165, 1.54) is 0 Å². The van der Waals surface area contributed by atoms with Crippen molar-refractivity contribution in [2.24, 2.45) is 11.5 Å². The number of unbranched alkanes of at least 4 members (excludes halogenated alkanes) is 1. The van der Waals surface area contributed by atoms with Crippen molar-refractivity contribution in [3.8, 4) is 11.5 Å². The Kier molecular flexibility index (Phi) is 13.2. The number of benzene rings is 3. The van der Waals surface area contributed by atoms with E-state index in [1.54, 1.807) is 18.2 Å². The molecule has 206 valence electrons. The molecule has 0 radical (unpaired) electrons. The van der Waals surface area contributed by atoms with E-state index in [2.05, 4.69) is 16.0 Å². The maximum atomic E-state index is 13.5. The molecule has 0 aliphatic heterocycles. The highest BCUT2D eigenvalue weighted by Crippen LogP contribution is 2.31. The van der Waals surface area contributed by atoms with Crippen LogP contribution in [0.25, 0.3) is 10.8 Å². The second-order valence-corrected chi connectivity index (χ2v) is 9.42. The first-order valence-corrected chi connectivity index (χ1v) is 13.7. The third-order valence-corrected chi connectivity index (χ3v) is 6.16. The molecular formula is C29H40ClN5O3. The fourth-order valence-corrected chi connectivity index (χ4v) is 4.08. The molecule has 0 aromatic heterocycles. The van der Waals surface area contributed by atoms with Crippen LogP contribution in [0.5, 0.6) is 11.5 Å². The maximum Gasteiger partial charge on any atom is 0.259 e. The number of halogens is 1. The summed E-state index contributed by atoms with van der Waals surface area (Å²) in [4.78, 5) is 13.5. The van der Waals surface area contributed by atoms with Gasteiger partial charge in [-0.05, 0) is 86.9 Å². The number of ether oxygens (including phenoxy) is 2. The van der Waals surface area contributed by atoms with Crippen molar-refractivity contribution < 1.29 is 14.3 Å². The Morgan fingerprint density at radius 1 is 0.737 bits per heavy atom. The van der Waals surface area contributed by atoms with Gasteiger partial charge in [-0.25, -0.2) is 0 Å². The number of anilines is 1. The lowest BCUT2D eigenvalue weighted by atomic mass is 10.0. The number of carbonyl (C=O) groups is 1. The van der Waals surface area contributed by atoms with E-state index < -0.39 is 0 Å². The summed E-state index contributed by atoms with van der Waals surface area (Å²) in [6, 6.07) is 16.9. The molecule has 8 nitrogen and oxygen atoms in total. The molecule has 0 aliphatic rings. The van der Waals surface area contributed by atoms with Gasteiger partial charge in [0, 0.05) is 24.2 Å². The van der Waals surface area contributed by atoms with Crippen LogP contribution in [0.3, 0.4) is 0 Å². The summed E-state index contributed by atoms with van der Waals surface area (Å²) in [6.07, 6.45) is 3.58. The zero-order valence-electron chi connectivity index (χ0n) is 21.9. The van der Waals surface area contributed by atoms with E-state index in [0.29, 0.717) is 54.1 Å². The fraction of sp³-hybridized carbons (Fsp3) is 0.414. The van der Waals surface area contributed by atoms with Gasteiger partial charge in [0.1, 0.15) is 11.5 Å². The number of hydrogen-bond donors (Lipinski definition) is 5. The third kappa shape index (κ3) is 9.78. The summed E-state index contributed by atoms with van der Waals surface area (Å²) in [6.45, 7) is 5.69. The van der Waals surface area contributed by atoms with Gasteiger partial charge in [-0.15, -0.1) is 0 Å². The van der Waals surface area contributed by atoms with Gasteiger partial charge in [-0.1, -0.05) is 35.9 Å². The van der Waals surface area contributed by atoms with Gasteiger partial charge in [-0.2, -0.15) is 0 Å². The summed E-state index contributed by atoms with van der Waals surface area (Å²) >= 11 is 6.22. The van der Waals surface area contributed by atoms with Gasteiger partial charge < -0.3 is 36.9 Å². The van der Waals surface area contributed by atoms with Crippen molar-refractivity contribution in [3.05, 3.63) is 65.2 Å². The van der Waals surface area contributed by atoms with E-state index in [0.717, 1.165) is 62.6 Å². The average Bonchev–Trinajstić information content (AvgIpc) is 2.93. The smallest absolute Gasteiger partial charge is 0.259 e. The summed E-state index contributed by atoms with van der Waals surface area (Å²) in [7, 11) is 0. The summed E-state index contributed by atoms with van der Waals surface area (Å²) in [5, 5.41) is 12.1. The highest BCUT2D eigenvalue weighted by Gasteiger charge is 2.17. The molecule has 0 saturated heterocycles. The molecule has 0 unspecified atom stereocenters. The van der Waals surface area contributed by atoms with Crippen molar-refractivity contribution in [1.82, 2.24) is 10.6 Å². The monoisotopic (exact) mass is 541 g/mol. The minimum atomic E-state index is -0.272. The normalized spacial score (nSPS) is 11.0. The molecule has 0 spiro atoms. The van der Waals surface area contributed by atoms with E-state index in [9.17, 15) is 4.79 Å². The molecule has 0 fully saturated rings. The van der Waals surface area contributed by atoms with Crippen LogP contribution in [-0.4, -0.2) is 58.4 Å². The lowest BCUT2D eigenvalue weighted by Crippen LogP contribution is -2.23. The Morgan fingerprint density at radius 2 is 1.42 bits per heavy atom. The van der Waals surface area contributed by atoms with E-state index in [1.807, 2.05) is 36.4 Å². The number of carbonyl (C=O) groups excluding carboxylic acids is 1. The molecule has 0 bridgehead atoms. The highest BCUT2D eigenvalue weighted by atomic mass is 35.5. The number of fused-ring (bicyclic) bond motifs is 1. The van der Waals surface area contributed by atoms with E-state index in [-0.39, 0.29) is 5.91 Å². The number of hydrogen-bond acceptors (Lipinski definition) is 7. The average molecular weight is 542 g/mol. The van der Waals surface area contributed by atoms with Crippen molar-refractivity contribution in [1.29, 1.82) is 0 Å². The molecule has 9 heteroatoms. The molecule has 3 aromatic rings. The van der Waals surface area contributed by atoms with Crippen LogP contribution in [-0.2, 0) is 0 Å². The van der Waals surface area contributed by atoms with Gasteiger partial charge in [0.05, 0.1) is 24.5 Å². The Morgan fingerprint density at radius 3 is 2.21 bits per heavy atom. The predicted octanol–water partition coefficient (Wildman–Crippen LogP) is 4.16. The van der Waals surface area contributed by atoms with Gasteiger partial charge >= 0.3 is 0 Å². The molecular weight excluding hydrogens is 502 g/mol. The van der Waals surface area contributed by atoms with Crippen molar-refractivity contribution in [2.45, 2.75) is 25.7 Å². The van der Waals surface area contributed by atoms with E-state index in [4.69, 9.17) is 32.5 Å². The zero-order chi connectivity index (χ0) is 27.0. The lowest BCUT2D eigenvalue weighted by molar-refractivity contribution is 0.102. The summed E-state index contributed by atoms with van der Waals surface area (Å²) in [5.74, 6) is 0.808. The lowest BCUT2D eigenvalue weighted by Gasteiger charge is -2.16. The minimum Gasteiger partial charge on any atom is -0.493 e. The van der Waals surface area contributed by atoms with E-state index >= 15 is 0 Å². The molecule has 3 rings (SSSR count). The van der Waals surface area contributed by atoms with Gasteiger partial charge in [0.2, 0.25) is 0 Å².